The number of aliphatic imine (C=N–C) groups is 1. The summed E-state index contributed by atoms with van der Waals surface area (Å²) in [5.41, 5.74) is 3.71. The number of halogens is 2. The first kappa shape index (κ1) is 20.8. The highest BCUT2D eigenvalue weighted by Gasteiger charge is 2.06. The molecule has 0 spiro atoms. The van der Waals surface area contributed by atoms with E-state index in [1.807, 2.05) is 38.1 Å². The van der Waals surface area contributed by atoms with Gasteiger partial charge in [-0.25, -0.2) is 8.78 Å². The Balaban J connectivity index is 1.86. The number of hydrogen-bond acceptors (Lipinski definition) is 2. The molecule has 0 aliphatic heterocycles. The third-order valence-electron chi connectivity index (χ3n) is 4.27. The second-order valence-corrected chi connectivity index (χ2v) is 6.84. The fourth-order valence-electron chi connectivity index (χ4n) is 2.86. The SMILES string of the molecule is CN=C(NCCc1ccc(F)cc1C)NCc1ccc(F)c(CN(C)C)c1. The number of aryl methyl sites for hydroxylation is 1. The second kappa shape index (κ2) is 10.0. The molecule has 2 N–H and O–H groups in total. The highest BCUT2D eigenvalue weighted by atomic mass is 19.1. The maximum absolute atomic E-state index is 13.9. The highest BCUT2D eigenvalue weighted by Crippen LogP contribution is 2.12. The molecule has 6 heteroatoms. The minimum Gasteiger partial charge on any atom is -0.356 e. The van der Waals surface area contributed by atoms with E-state index in [1.54, 1.807) is 19.2 Å². The van der Waals surface area contributed by atoms with Crippen LogP contribution < -0.4 is 10.6 Å². The molecule has 0 atom stereocenters. The van der Waals surface area contributed by atoms with E-state index in [9.17, 15) is 8.78 Å². The van der Waals surface area contributed by atoms with Crippen molar-refractivity contribution < 1.29 is 8.78 Å². The normalized spacial score (nSPS) is 11.7. The third kappa shape index (κ3) is 6.64. The van der Waals surface area contributed by atoms with E-state index in [-0.39, 0.29) is 11.6 Å². The summed E-state index contributed by atoms with van der Waals surface area (Å²) in [4.78, 5) is 6.15. The Morgan fingerprint density at radius 3 is 2.48 bits per heavy atom. The number of nitrogens with one attached hydrogen (secondary N) is 2. The van der Waals surface area contributed by atoms with E-state index in [4.69, 9.17) is 0 Å². The molecule has 27 heavy (non-hydrogen) atoms. The predicted molar refractivity (Wildman–Crippen MR) is 107 cm³/mol. The molecule has 0 aromatic heterocycles. The molecule has 2 aromatic carbocycles. The van der Waals surface area contributed by atoms with Crippen LogP contribution in [0.5, 0.6) is 0 Å². The lowest BCUT2D eigenvalue weighted by Gasteiger charge is -2.15. The molecule has 0 radical (unpaired) electrons. The summed E-state index contributed by atoms with van der Waals surface area (Å²) < 4.78 is 27.0. The second-order valence-electron chi connectivity index (χ2n) is 6.84. The average Bonchev–Trinajstić information content (AvgIpc) is 2.61. The standard InChI is InChI=1S/C21H28F2N4/c1-15-11-19(22)7-6-17(15)9-10-25-21(24-2)26-13-16-5-8-20(23)18(12-16)14-27(3)4/h5-8,11-12H,9-10,13-14H2,1-4H3,(H2,24,25,26). The van der Waals surface area contributed by atoms with Gasteiger partial charge in [0.15, 0.2) is 5.96 Å². The quantitative estimate of drug-likeness (QED) is 0.577. The Labute approximate surface area is 160 Å². The zero-order chi connectivity index (χ0) is 19.8. The number of rotatable bonds is 7. The maximum atomic E-state index is 13.9. The van der Waals surface area contributed by atoms with Gasteiger partial charge >= 0.3 is 0 Å². The van der Waals surface area contributed by atoms with Crippen LogP contribution >= 0.6 is 0 Å². The molecule has 146 valence electrons. The van der Waals surface area contributed by atoms with Gasteiger partial charge in [0.05, 0.1) is 0 Å². The fourth-order valence-corrected chi connectivity index (χ4v) is 2.86. The van der Waals surface area contributed by atoms with Crippen molar-refractivity contribution in [3.63, 3.8) is 0 Å². The van der Waals surface area contributed by atoms with E-state index in [2.05, 4.69) is 15.6 Å². The summed E-state index contributed by atoms with van der Waals surface area (Å²) in [5, 5.41) is 6.49. The lowest BCUT2D eigenvalue weighted by atomic mass is 10.1. The van der Waals surface area contributed by atoms with E-state index in [0.717, 1.165) is 23.1 Å². The smallest absolute Gasteiger partial charge is 0.191 e. The first-order valence-corrected chi connectivity index (χ1v) is 9.00. The summed E-state index contributed by atoms with van der Waals surface area (Å²) in [5.74, 6) is 0.271. The van der Waals surface area contributed by atoms with Crippen LogP contribution in [-0.2, 0) is 19.5 Å². The summed E-state index contributed by atoms with van der Waals surface area (Å²) in [6, 6.07) is 9.99. The molecule has 0 aliphatic carbocycles. The van der Waals surface area contributed by atoms with Crippen molar-refractivity contribution >= 4 is 5.96 Å². The number of guanidine groups is 1. The molecular formula is C21H28F2N4. The Morgan fingerprint density at radius 1 is 1.04 bits per heavy atom. The monoisotopic (exact) mass is 374 g/mol. The molecule has 2 aromatic rings. The summed E-state index contributed by atoms with van der Waals surface area (Å²) in [6.45, 7) is 3.70. The van der Waals surface area contributed by atoms with Gasteiger partial charge < -0.3 is 15.5 Å². The minimum atomic E-state index is -0.213. The van der Waals surface area contributed by atoms with Crippen molar-refractivity contribution in [1.29, 1.82) is 0 Å². The highest BCUT2D eigenvalue weighted by molar-refractivity contribution is 5.79. The van der Waals surface area contributed by atoms with Crippen LogP contribution in [0.3, 0.4) is 0 Å². The van der Waals surface area contributed by atoms with Gasteiger partial charge in [0.2, 0.25) is 0 Å². The molecule has 4 nitrogen and oxygen atoms in total. The zero-order valence-corrected chi connectivity index (χ0v) is 16.4. The molecule has 0 aliphatic rings. The molecule has 0 unspecified atom stereocenters. The topological polar surface area (TPSA) is 39.7 Å². The van der Waals surface area contributed by atoms with Gasteiger partial charge in [0.25, 0.3) is 0 Å². The first-order chi connectivity index (χ1) is 12.9. The van der Waals surface area contributed by atoms with Gasteiger partial charge in [-0.05, 0) is 68.4 Å². The van der Waals surface area contributed by atoms with E-state index < -0.39 is 0 Å². The van der Waals surface area contributed by atoms with Crippen LogP contribution in [0.1, 0.15) is 22.3 Å². The minimum absolute atomic E-state index is 0.190. The van der Waals surface area contributed by atoms with E-state index in [1.165, 1.54) is 12.1 Å². The van der Waals surface area contributed by atoms with Crippen molar-refractivity contribution in [1.82, 2.24) is 15.5 Å². The van der Waals surface area contributed by atoms with Gasteiger partial charge in [0.1, 0.15) is 11.6 Å². The molecule has 0 bridgehead atoms. The van der Waals surface area contributed by atoms with Crippen LogP contribution in [0.25, 0.3) is 0 Å². The van der Waals surface area contributed by atoms with Crippen molar-refractivity contribution in [2.45, 2.75) is 26.4 Å². The largest absolute Gasteiger partial charge is 0.356 e. The summed E-state index contributed by atoms with van der Waals surface area (Å²) >= 11 is 0. The molecule has 2 rings (SSSR count). The fraction of sp³-hybridized carbons (Fsp3) is 0.381. The van der Waals surface area contributed by atoms with Crippen LogP contribution in [0.4, 0.5) is 8.78 Å². The Kier molecular flexibility index (Phi) is 7.73. The van der Waals surface area contributed by atoms with Crippen LogP contribution in [0.15, 0.2) is 41.4 Å². The summed E-state index contributed by atoms with van der Waals surface area (Å²) in [7, 11) is 5.54. The molecule has 0 fully saturated rings. The van der Waals surface area contributed by atoms with Crippen molar-refractivity contribution in [3.8, 4) is 0 Å². The zero-order valence-electron chi connectivity index (χ0n) is 16.4. The van der Waals surface area contributed by atoms with Crippen LogP contribution in [0.2, 0.25) is 0 Å². The van der Waals surface area contributed by atoms with Gasteiger partial charge in [-0.15, -0.1) is 0 Å². The van der Waals surface area contributed by atoms with Gasteiger partial charge in [-0.2, -0.15) is 0 Å². The lowest BCUT2D eigenvalue weighted by molar-refractivity contribution is 0.392. The van der Waals surface area contributed by atoms with Crippen molar-refractivity contribution in [3.05, 3.63) is 70.3 Å². The number of hydrogen-bond donors (Lipinski definition) is 2. The van der Waals surface area contributed by atoms with Crippen LogP contribution in [0, 0.1) is 18.6 Å². The predicted octanol–water partition coefficient (Wildman–Crippen LogP) is 3.24. The molecule has 0 saturated heterocycles. The van der Waals surface area contributed by atoms with Crippen molar-refractivity contribution in [2.24, 2.45) is 4.99 Å². The Bertz CT molecular complexity index is 788. The molecular weight excluding hydrogens is 346 g/mol. The van der Waals surface area contributed by atoms with Crippen LogP contribution in [-0.4, -0.2) is 38.5 Å². The van der Waals surface area contributed by atoms with Gasteiger partial charge in [-0.3, -0.25) is 4.99 Å². The Hall–Kier alpha value is -2.47. The number of benzene rings is 2. The van der Waals surface area contributed by atoms with Crippen molar-refractivity contribution in [2.75, 3.05) is 27.7 Å². The van der Waals surface area contributed by atoms with E-state index >= 15 is 0 Å². The van der Waals surface area contributed by atoms with E-state index in [0.29, 0.717) is 31.2 Å². The maximum Gasteiger partial charge on any atom is 0.191 e. The first-order valence-electron chi connectivity index (χ1n) is 9.00. The van der Waals surface area contributed by atoms with Gasteiger partial charge in [0, 0.05) is 32.2 Å². The number of nitrogens with zero attached hydrogens (tertiary/aromatic N) is 2. The molecule has 0 saturated carbocycles. The lowest BCUT2D eigenvalue weighted by Crippen LogP contribution is -2.38. The summed E-state index contributed by atoms with van der Waals surface area (Å²) in [6.07, 6.45) is 0.774. The van der Waals surface area contributed by atoms with Gasteiger partial charge in [-0.1, -0.05) is 12.1 Å². The Morgan fingerprint density at radius 2 is 1.81 bits per heavy atom. The third-order valence-corrected chi connectivity index (χ3v) is 4.27. The average molecular weight is 374 g/mol. The molecule has 0 heterocycles. The molecule has 0 amide bonds.